The minimum absolute atomic E-state index is 0.111. The van der Waals surface area contributed by atoms with Gasteiger partial charge in [0.15, 0.2) is 0 Å². The molecular formula is C14H18F4N2. The number of halogens is 4. The van der Waals surface area contributed by atoms with Gasteiger partial charge in [-0.3, -0.25) is 0 Å². The highest BCUT2D eigenvalue weighted by Crippen LogP contribution is 2.35. The van der Waals surface area contributed by atoms with Gasteiger partial charge in [0.25, 0.3) is 0 Å². The van der Waals surface area contributed by atoms with E-state index in [1.165, 1.54) is 17.0 Å². The molecule has 1 aliphatic heterocycles. The minimum Gasteiger partial charge on any atom is -0.369 e. The maximum atomic E-state index is 14.0. The first-order valence-corrected chi connectivity index (χ1v) is 6.65. The van der Waals surface area contributed by atoms with E-state index >= 15 is 0 Å². The highest BCUT2D eigenvalue weighted by atomic mass is 19.4. The predicted octanol–water partition coefficient (Wildman–Crippen LogP) is 3.62. The average molecular weight is 290 g/mol. The highest BCUT2D eigenvalue weighted by Gasteiger charge is 2.42. The fourth-order valence-corrected chi connectivity index (χ4v) is 2.53. The van der Waals surface area contributed by atoms with Gasteiger partial charge in [0, 0.05) is 19.1 Å². The van der Waals surface area contributed by atoms with E-state index in [9.17, 15) is 17.6 Å². The first kappa shape index (κ1) is 15.1. The molecular weight excluding hydrogens is 272 g/mol. The molecule has 2 N–H and O–H groups in total. The van der Waals surface area contributed by atoms with Crippen molar-refractivity contribution in [2.45, 2.75) is 32.0 Å². The van der Waals surface area contributed by atoms with Gasteiger partial charge in [-0.05, 0) is 37.5 Å². The van der Waals surface area contributed by atoms with E-state index in [2.05, 4.69) is 0 Å². The fraction of sp³-hybridized carbons (Fsp3) is 0.571. The lowest BCUT2D eigenvalue weighted by Gasteiger charge is -2.35. The fourth-order valence-electron chi connectivity index (χ4n) is 2.53. The van der Waals surface area contributed by atoms with Crippen LogP contribution >= 0.6 is 0 Å². The van der Waals surface area contributed by atoms with E-state index in [1.54, 1.807) is 13.0 Å². The summed E-state index contributed by atoms with van der Waals surface area (Å²) in [7, 11) is 0. The molecule has 20 heavy (non-hydrogen) atoms. The number of benzene rings is 1. The van der Waals surface area contributed by atoms with Crippen molar-refractivity contribution in [3.05, 3.63) is 29.6 Å². The van der Waals surface area contributed by atoms with E-state index < -0.39 is 17.9 Å². The summed E-state index contributed by atoms with van der Waals surface area (Å²) >= 11 is 0. The maximum absolute atomic E-state index is 14.0. The molecule has 112 valence electrons. The molecule has 1 saturated heterocycles. The molecule has 0 amide bonds. The van der Waals surface area contributed by atoms with Gasteiger partial charge in [-0.1, -0.05) is 6.07 Å². The van der Waals surface area contributed by atoms with Crippen LogP contribution in [0.3, 0.4) is 0 Å². The van der Waals surface area contributed by atoms with Crippen LogP contribution in [-0.2, 0) is 0 Å². The molecule has 2 atom stereocenters. The number of nitrogens with two attached hydrogens (primary N) is 1. The zero-order valence-corrected chi connectivity index (χ0v) is 11.3. The molecule has 0 aromatic heterocycles. The van der Waals surface area contributed by atoms with E-state index in [0.717, 1.165) is 0 Å². The molecule has 1 aromatic rings. The second kappa shape index (κ2) is 5.60. The van der Waals surface area contributed by atoms with Crippen LogP contribution in [0.5, 0.6) is 0 Å². The molecule has 2 nitrogen and oxygen atoms in total. The molecule has 0 radical (unpaired) electrons. The minimum atomic E-state index is -4.22. The number of hydrogen-bond donors (Lipinski definition) is 1. The summed E-state index contributed by atoms with van der Waals surface area (Å²) in [4.78, 5) is 1.47. The van der Waals surface area contributed by atoms with E-state index in [1.807, 2.05) is 0 Å². The number of anilines is 1. The van der Waals surface area contributed by atoms with Gasteiger partial charge in [0.1, 0.15) is 5.82 Å². The Labute approximate surface area is 115 Å². The van der Waals surface area contributed by atoms with Gasteiger partial charge in [0.05, 0.1) is 11.6 Å². The van der Waals surface area contributed by atoms with Crippen molar-refractivity contribution in [2.24, 2.45) is 11.7 Å². The van der Waals surface area contributed by atoms with Gasteiger partial charge in [-0.15, -0.1) is 0 Å². The van der Waals surface area contributed by atoms with Crippen molar-refractivity contribution in [1.82, 2.24) is 0 Å². The van der Waals surface area contributed by atoms with Gasteiger partial charge >= 0.3 is 6.18 Å². The summed E-state index contributed by atoms with van der Waals surface area (Å²) in [5.41, 5.74) is 6.52. The number of hydrogen-bond acceptors (Lipinski definition) is 2. The van der Waals surface area contributed by atoms with Crippen molar-refractivity contribution >= 4 is 5.69 Å². The monoisotopic (exact) mass is 290 g/mol. The predicted molar refractivity (Wildman–Crippen MR) is 70.0 cm³/mol. The second-order valence-corrected chi connectivity index (χ2v) is 5.33. The number of piperidine rings is 1. The van der Waals surface area contributed by atoms with Crippen LogP contribution in [0.4, 0.5) is 23.2 Å². The standard InChI is InChI=1S/C14H18F4N2/c1-9(19)10-4-5-13(12(15)7-10)20-6-2-3-11(8-20)14(16,17)18/h4-5,7,9,11H,2-3,6,8,19H2,1H3/t9-,11?/m1/s1. The molecule has 0 saturated carbocycles. The Morgan fingerprint density at radius 1 is 1.35 bits per heavy atom. The second-order valence-electron chi connectivity index (χ2n) is 5.33. The third-order valence-corrected chi connectivity index (χ3v) is 3.72. The van der Waals surface area contributed by atoms with E-state index in [-0.39, 0.29) is 24.7 Å². The summed E-state index contributed by atoms with van der Waals surface area (Å²) < 4.78 is 52.3. The Bertz CT molecular complexity index is 471. The topological polar surface area (TPSA) is 29.3 Å². The number of rotatable bonds is 2. The quantitative estimate of drug-likeness (QED) is 0.843. The average Bonchev–Trinajstić information content (AvgIpc) is 2.37. The van der Waals surface area contributed by atoms with Crippen molar-refractivity contribution in [2.75, 3.05) is 18.0 Å². The van der Waals surface area contributed by atoms with Crippen LogP contribution in [-0.4, -0.2) is 19.3 Å². The molecule has 1 aliphatic rings. The van der Waals surface area contributed by atoms with Crippen molar-refractivity contribution in [3.63, 3.8) is 0 Å². The van der Waals surface area contributed by atoms with Crippen molar-refractivity contribution in [1.29, 1.82) is 0 Å². The maximum Gasteiger partial charge on any atom is 0.393 e. The number of nitrogens with zero attached hydrogens (tertiary/aromatic N) is 1. The molecule has 1 aromatic carbocycles. The lowest BCUT2D eigenvalue weighted by Crippen LogP contribution is -2.42. The molecule has 6 heteroatoms. The highest BCUT2D eigenvalue weighted by molar-refractivity contribution is 5.50. The lowest BCUT2D eigenvalue weighted by atomic mass is 9.96. The van der Waals surface area contributed by atoms with Crippen LogP contribution in [0.15, 0.2) is 18.2 Å². The van der Waals surface area contributed by atoms with E-state index in [0.29, 0.717) is 18.5 Å². The zero-order valence-electron chi connectivity index (χ0n) is 11.3. The van der Waals surface area contributed by atoms with Crippen LogP contribution < -0.4 is 10.6 Å². The molecule has 1 unspecified atom stereocenters. The Morgan fingerprint density at radius 3 is 2.60 bits per heavy atom. The first-order valence-electron chi connectivity index (χ1n) is 6.65. The van der Waals surface area contributed by atoms with Crippen molar-refractivity contribution in [3.8, 4) is 0 Å². The van der Waals surface area contributed by atoms with Gasteiger partial charge in [-0.2, -0.15) is 13.2 Å². The molecule has 0 aliphatic carbocycles. The molecule has 0 bridgehead atoms. The Morgan fingerprint density at radius 2 is 2.05 bits per heavy atom. The van der Waals surface area contributed by atoms with Gasteiger partial charge in [-0.25, -0.2) is 4.39 Å². The third-order valence-electron chi connectivity index (χ3n) is 3.72. The lowest BCUT2D eigenvalue weighted by molar-refractivity contribution is -0.176. The van der Waals surface area contributed by atoms with Crippen molar-refractivity contribution < 1.29 is 17.6 Å². The van der Waals surface area contributed by atoms with Crippen LogP contribution in [0.2, 0.25) is 0 Å². The van der Waals surface area contributed by atoms with Gasteiger partial charge in [0.2, 0.25) is 0 Å². The smallest absolute Gasteiger partial charge is 0.369 e. The summed E-state index contributed by atoms with van der Waals surface area (Å²) in [5.74, 6) is -1.90. The summed E-state index contributed by atoms with van der Waals surface area (Å²) in [5, 5.41) is 0. The zero-order chi connectivity index (χ0) is 14.9. The number of alkyl halides is 3. The normalized spacial score (nSPS) is 21.9. The van der Waals surface area contributed by atoms with Crippen LogP contribution in [0.25, 0.3) is 0 Å². The molecule has 0 spiro atoms. The Hall–Kier alpha value is -1.30. The molecule has 2 rings (SSSR count). The summed E-state index contributed by atoms with van der Waals surface area (Å²) in [6.45, 7) is 1.99. The molecule has 1 heterocycles. The molecule has 1 fully saturated rings. The SMILES string of the molecule is C[C@@H](N)c1ccc(N2CCCC(C(F)(F)F)C2)c(F)c1. The summed E-state index contributed by atoms with van der Waals surface area (Å²) in [6, 6.07) is 4.19. The van der Waals surface area contributed by atoms with Gasteiger partial charge < -0.3 is 10.6 Å². The van der Waals surface area contributed by atoms with Crippen LogP contribution in [0.1, 0.15) is 31.4 Å². The Balaban J connectivity index is 2.19. The largest absolute Gasteiger partial charge is 0.393 e. The third kappa shape index (κ3) is 3.23. The summed E-state index contributed by atoms with van der Waals surface area (Å²) in [6.07, 6.45) is -3.70. The van der Waals surface area contributed by atoms with Crippen LogP contribution in [0, 0.1) is 11.7 Å². The first-order chi connectivity index (χ1) is 9.29. The van der Waals surface area contributed by atoms with E-state index in [4.69, 9.17) is 5.73 Å². The Kier molecular flexibility index (Phi) is 4.22.